The molecule has 0 unspecified atom stereocenters. The summed E-state index contributed by atoms with van der Waals surface area (Å²) in [6, 6.07) is 24.4. The molecule has 3 aromatic heterocycles. The van der Waals surface area contributed by atoms with Crippen molar-refractivity contribution in [1.29, 1.82) is 0 Å². The average molecular weight is 469 g/mol. The first-order valence-corrected chi connectivity index (χ1v) is 10.4. The van der Waals surface area contributed by atoms with Gasteiger partial charge in [0.05, 0.1) is 22.8 Å². The van der Waals surface area contributed by atoms with E-state index in [1.54, 1.807) is 0 Å². The maximum absolute atomic E-state index is 5.53. The van der Waals surface area contributed by atoms with Crippen molar-refractivity contribution in [3.63, 3.8) is 0 Å². The summed E-state index contributed by atoms with van der Waals surface area (Å²) in [6.07, 6.45) is 11.7. The Labute approximate surface area is 201 Å². The number of nitrogens with zero attached hydrogens (tertiary/aromatic N) is 2. The van der Waals surface area contributed by atoms with Gasteiger partial charge in [0.25, 0.3) is 0 Å². The van der Waals surface area contributed by atoms with Crippen LogP contribution in [0.25, 0.3) is 45.9 Å². The summed E-state index contributed by atoms with van der Waals surface area (Å²) < 4.78 is 0. The molecule has 4 aromatic rings. The molecule has 0 saturated heterocycles. The Morgan fingerprint density at radius 2 is 1.18 bits per heavy atom. The molecule has 0 amide bonds. The van der Waals surface area contributed by atoms with Crippen molar-refractivity contribution >= 4 is 45.9 Å². The maximum Gasteiger partial charge on any atom is 0.0736 e. The number of aromatic nitrogens is 4. The van der Waals surface area contributed by atoms with Gasteiger partial charge in [0.2, 0.25) is 0 Å². The fraction of sp³-hybridized carbons (Fsp3) is 0. The van der Waals surface area contributed by atoms with E-state index in [-0.39, 0.29) is 16.5 Å². The molecule has 2 aliphatic heterocycles. The van der Waals surface area contributed by atoms with Crippen LogP contribution in [0.3, 0.4) is 0 Å². The molecule has 160 valence electrons. The molecular weight excluding hydrogens is 451 g/mol. The largest absolute Gasteiger partial charge is 0.355 e. The minimum absolute atomic E-state index is 0. The van der Waals surface area contributed by atoms with E-state index in [1.165, 1.54) is 0 Å². The van der Waals surface area contributed by atoms with Gasteiger partial charge in [-0.05, 0) is 84.5 Å². The minimum Gasteiger partial charge on any atom is -0.355 e. The molecule has 0 aliphatic carbocycles. The van der Waals surface area contributed by atoms with Gasteiger partial charge in [-0.25, -0.2) is 9.97 Å². The van der Waals surface area contributed by atoms with Crippen molar-refractivity contribution in [3.8, 4) is 12.3 Å². The molecule has 8 bridgehead atoms. The number of hydrogen-bond donors (Lipinski definition) is 2. The second-order valence-electron chi connectivity index (χ2n) is 7.81. The summed E-state index contributed by atoms with van der Waals surface area (Å²) in [5.41, 5.74) is 10.6. The van der Waals surface area contributed by atoms with Crippen molar-refractivity contribution in [1.82, 2.24) is 19.9 Å². The van der Waals surface area contributed by atoms with Crippen LogP contribution < -0.4 is 0 Å². The molecule has 33 heavy (non-hydrogen) atoms. The Balaban J connectivity index is 0.00000228. The van der Waals surface area contributed by atoms with E-state index in [2.05, 4.69) is 57.3 Å². The van der Waals surface area contributed by atoms with E-state index < -0.39 is 0 Å². The molecule has 5 heterocycles. The minimum atomic E-state index is 0. The Kier molecular flexibility index (Phi) is 5.30. The van der Waals surface area contributed by atoms with Crippen LogP contribution in [0, 0.1) is 12.3 Å². The van der Waals surface area contributed by atoms with E-state index >= 15 is 0 Å². The molecular formula is C28H18N4Ni. The summed E-state index contributed by atoms with van der Waals surface area (Å²) >= 11 is 0. The molecule has 0 atom stereocenters. The van der Waals surface area contributed by atoms with Crippen molar-refractivity contribution in [2.75, 3.05) is 0 Å². The molecule has 2 aliphatic rings. The first kappa shape index (κ1) is 20.8. The molecule has 0 saturated carbocycles. The second-order valence-corrected chi connectivity index (χ2v) is 7.81. The van der Waals surface area contributed by atoms with Crippen LogP contribution in [-0.2, 0) is 16.5 Å². The predicted molar refractivity (Wildman–Crippen MR) is 131 cm³/mol. The summed E-state index contributed by atoms with van der Waals surface area (Å²) in [4.78, 5) is 16.5. The summed E-state index contributed by atoms with van der Waals surface area (Å²) in [6.45, 7) is 0. The molecule has 4 nitrogen and oxygen atoms in total. The zero-order chi connectivity index (χ0) is 21.5. The van der Waals surface area contributed by atoms with E-state index in [4.69, 9.17) is 11.4 Å². The first-order valence-electron chi connectivity index (χ1n) is 10.4. The van der Waals surface area contributed by atoms with Gasteiger partial charge in [-0.15, -0.1) is 6.42 Å². The van der Waals surface area contributed by atoms with E-state index in [0.717, 1.165) is 61.5 Å². The number of benzene rings is 1. The van der Waals surface area contributed by atoms with Gasteiger partial charge < -0.3 is 9.97 Å². The maximum atomic E-state index is 5.53. The van der Waals surface area contributed by atoms with Gasteiger partial charge in [-0.1, -0.05) is 18.1 Å². The van der Waals surface area contributed by atoms with Crippen LogP contribution in [0.15, 0.2) is 72.8 Å². The quantitative estimate of drug-likeness (QED) is 0.228. The number of rotatable bonds is 1. The van der Waals surface area contributed by atoms with Gasteiger partial charge in [0, 0.05) is 49.7 Å². The molecule has 6 rings (SSSR count). The van der Waals surface area contributed by atoms with Crippen molar-refractivity contribution < 1.29 is 16.5 Å². The fourth-order valence-corrected chi connectivity index (χ4v) is 3.99. The molecule has 0 spiro atoms. The van der Waals surface area contributed by atoms with Crippen molar-refractivity contribution in [2.45, 2.75) is 0 Å². The van der Waals surface area contributed by atoms with Crippen LogP contribution in [0.4, 0.5) is 0 Å². The number of H-pyrrole nitrogens is 2. The Morgan fingerprint density at radius 1 is 0.636 bits per heavy atom. The molecule has 1 aromatic carbocycles. The standard InChI is InChI=1S/C28H18N4.Ni/c1-2-18-3-5-19(6-4-18)27-16-26-15-24-10-9-22(30-24)13-20-7-8-21(29-20)14-23-11-12-25(31-23)17-28(27)32-26;/h1,3-17,30-31H;. The number of aromatic amines is 2. The second kappa shape index (κ2) is 8.43. The smallest absolute Gasteiger partial charge is 0.0736 e. The summed E-state index contributed by atoms with van der Waals surface area (Å²) in [5, 5.41) is 0. The zero-order valence-corrected chi connectivity index (χ0v) is 18.4. The normalized spacial score (nSPS) is 12.0. The summed E-state index contributed by atoms with van der Waals surface area (Å²) in [5.74, 6) is 2.68. The fourth-order valence-electron chi connectivity index (χ4n) is 3.99. The average Bonchev–Trinajstić information content (AvgIpc) is 3.59. The SMILES string of the molecule is C#Cc1ccc(C2=Cc3cc4ccc(cc5nc(cc6ccc(cc2n3)[nH]6)C=C5)[nH]4)cc1.[Ni]. The van der Waals surface area contributed by atoms with Crippen LogP contribution in [0.1, 0.15) is 33.9 Å². The Morgan fingerprint density at radius 3 is 1.76 bits per heavy atom. The van der Waals surface area contributed by atoms with Crippen LogP contribution in [0.2, 0.25) is 0 Å². The monoisotopic (exact) mass is 468 g/mol. The van der Waals surface area contributed by atoms with Gasteiger partial charge in [-0.3, -0.25) is 0 Å². The van der Waals surface area contributed by atoms with Crippen molar-refractivity contribution in [2.24, 2.45) is 0 Å². The van der Waals surface area contributed by atoms with E-state index in [9.17, 15) is 0 Å². The molecule has 5 heteroatoms. The summed E-state index contributed by atoms with van der Waals surface area (Å²) in [7, 11) is 0. The molecule has 0 fully saturated rings. The third-order valence-electron chi connectivity index (χ3n) is 5.53. The van der Waals surface area contributed by atoms with Crippen LogP contribution in [0.5, 0.6) is 0 Å². The number of fused-ring (bicyclic) bond motifs is 8. The van der Waals surface area contributed by atoms with Gasteiger partial charge in [0.1, 0.15) is 0 Å². The topological polar surface area (TPSA) is 57.4 Å². The zero-order valence-electron chi connectivity index (χ0n) is 17.4. The molecule has 2 N–H and O–H groups in total. The Hall–Kier alpha value is -4.13. The van der Waals surface area contributed by atoms with Gasteiger partial charge >= 0.3 is 0 Å². The predicted octanol–water partition coefficient (Wildman–Crippen LogP) is 6.05. The third kappa shape index (κ3) is 4.17. The van der Waals surface area contributed by atoms with E-state index in [1.807, 2.05) is 54.6 Å². The van der Waals surface area contributed by atoms with Crippen molar-refractivity contribution in [3.05, 3.63) is 107 Å². The van der Waals surface area contributed by atoms with Gasteiger partial charge in [0.15, 0.2) is 0 Å². The number of nitrogens with one attached hydrogen (secondary N) is 2. The molecule has 0 radical (unpaired) electrons. The third-order valence-corrected chi connectivity index (χ3v) is 5.53. The van der Waals surface area contributed by atoms with E-state index in [0.29, 0.717) is 0 Å². The van der Waals surface area contributed by atoms with Crippen LogP contribution >= 0.6 is 0 Å². The number of hydrogen-bond acceptors (Lipinski definition) is 2. The first-order chi connectivity index (χ1) is 15.7. The Bertz CT molecular complexity index is 1630. The van der Waals surface area contributed by atoms with Crippen LogP contribution in [-0.4, -0.2) is 19.9 Å². The van der Waals surface area contributed by atoms with Gasteiger partial charge in [-0.2, -0.15) is 0 Å². The number of terminal acetylenes is 1.